The zero-order valence-electron chi connectivity index (χ0n) is 9.46. The average Bonchev–Trinajstić information content (AvgIpc) is 2.00. The minimum absolute atomic E-state index is 0.185. The Kier molecular flexibility index (Phi) is 5.65. The van der Waals surface area contributed by atoms with Crippen molar-refractivity contribution in [2.45, 2.75) is 58.7 Å². The first kappa shape index (κ1) is 13.0. The average molecular weight is 184 g/mol. The fourth-order valence-corrected chi connectivity index (χ4v) is 1.05. The van der Waals surface area contributed by atoms with E-state index in [4.69, 9.17) is 17.3 Å². The summed E-state index contributed by atoms with van der Waals surface area (Å²) < 4.78 is 11.2. The maximum atomic E-state index is 5.69. The van der Waals surface area contributed by atoms with Crippen LogP contribution < -0.4 is 0 Å². The van der Waals surface area contributed by atoms with Crippen LogP contribution in [0.15, 0.2) is 0 Å². The summed E-state index contributed by atoms with van der Waals surface area (Å²) in [5.74, 6) is 0. The van der Waals surface area contributed by atoms with Crippen molar-refractivity contribution in [1.82, 2.24) is 0 Å². The molecule has 76 valence electrons. The highest BCUT2D eigenvalue weighted by atomic mass is 16.6. The topological polar surface area (TPSA) is 18.5 Å². The predicted octanol–water partition coefficient (Wildman–Crippen LogP) is 2.18. The Balaban J connectivity index is 3.96. The summed E-state index contributed by atoms with van der Waals surface area (Å²) in [7, 11) is 5.64. The first-order valence-electron chi connectivity index (χ1n) is 4.89. The standard InChI is InChI=1S/C10H21BO2/c1-8(2)12-7-10(5,6-11)13-9(3)4/h8-9H,6-7H2,1-5H3. The molecule has 13 heavy (non-hydrogen) atoms. The lowest BCUT2D eigenvalue weighted by molar-refractivity contribution is -0.110. The second-order valence-electron chi connectivity index (χ2n) is 4.18. The van der Waals surface area contributed by atoms with Gasteiger partial charge >= 0.3 is 0 Å². The third kappa shape index (κ3) is 6.11. The van der Waals surface area contributed by atoms with Crippen molar-refractivity contribution in [3.05, 3.63) is 0 Å². The molecule has 0 N–H and O–H groups in total. The molecule has 0 rings (SSSR count). The van der Waals surface area contributed by atoms with Crippen molar-refractivity contribution in [2.75, 3.05) is 6.61 Å². The van der Waals surface area contributed by atoms with E-state index in [-0.39, 0.29) is 17.8 Å². The molecule has 0 spiro atoms. The normalized spacial score (nSPS) is 16.5. The van der Waals surface area contributed by atoms with E-state index >= 15 is 0 Å². The quantitative estimate of drug-likeness (QED) is 0.589. The summed E-state index contributed by atoms with van der Waals surface area (Å²) in [5.41, 5.74) is -0.349. The smallest absolute Gasteiger partial charge is 0.0814 e. The molecule has 0 aromatic rings. The summed E-state index contributed by atoms with van der Waals surface area (Å²) >= 11 is 0. The molecule has 2 radical (unpaired) electrons. The Labute approximate surface area is 83.4 Å². The Morgan fingerprint density at radius 2 is 1.69 bits per heavy atom. The van der Waals surface area contributed by atoms with E-state index in [0.29, 0.717) is 12.9 Å². The van der Waals surface area contributed by atoms with Gasteiger partial charge in [-0.3, -0.25) is 0 Å². The molecule has 0 saturated heterocycles. The Bertz CT molecular complexity index is 137. The second kappa shape index (κ2) is 5.66. The number of ether oxygens (including phenoxy) is 2. The van der Waals surface area contributed by atoms with Crippen LogP contribution in [0, 0.1) is 0 Å². The Hall–Kier alpha value is -0.0151. The first-order valence-corrected chi connectivity index (χ1v) is 4.89. The van der Waals surface area contributed by atoms with Gasteiger partial charge in [0.15, 0.2) is 0 Å². The number of hydrogen-bond donors (Lipinski definition) is 0. The van der Waals surface area contributed by atoms with Crippen molar-refractivity contribution < 1.29 is 9.47 Å². The van der Waals surface area contributed by atoms with E-state index in [2.05, 4.69) is 0 Å². The van der Waals surface area contributed by atoms with Crippen LogP contribution >= 0.6 is 0 Å². The molecule has 0 aliphatic heterocycles. The van der Waals surface area contributed by atoms with Gasteiger partial charge in [-0.2, -0.15) is 0 Å². The summed E-state index contributed by atoms with van der Waals surface area (Å²) in [6.07, 6.45) is 0.892. The highest BCUT2D eigenvalue weighted by Crippen LogP contribution is 2.18. The van der Waals surface area contributed by atoms with E-state index < -0.39 is 0 Å². The molecule has 0 heterocycles. The summed E-state index contributed by atoms with van der Waals surface area (Å²) in [6, 6.07) is 0. The molecular formula is C10H21BO2. The minimum atomic E-state index is -0.349. The van der Waals surface area contributed by atoms with Gasteiger partial charge in [-0.05, 0) is 34.6 Å². The Morgan fingerprint density at radius 3 is 2.00 bits per heavy atom. The maximum absolute atomic E-state index is 5.69. The Morgan fingerprint density at radius 1 is 1.15 bits per heavy atom. The van der Waals surface area contributed by atoms with Crippen molar-refractivity contribution >= 4 is 7.85 Å². The van der Waals surface area contributed by atoms with Gasteiger partial charge in [-0.25, -0.2) is 0 Å². The summed E-state index contributed by atoms with van der Waals surface area (Å²) in [5, 5.41) is 0. The molecule has 0 amide bonds. The van der Waals surface area contributed by atoms with E-state index in [1.807, 2.05) is 34.6 Å². The van der Waals surface area contributed by atoms with Crippen LogP contribution in [0.25, 0.3) is 0 Å². The number of rotatable bonds is 6. The molecule has 1 unspecified atom stereocenters. The van der Waals surface area contributed by atoms with Gasteiger partial charge in [0.25, 0.3) is 0 Å². The molecule has 0 fully saturated rings. The molecular weight excluding hydrogens is 163 g/mol. The van der Waals surface area contributed by atoms with Crippen LogP contribution in [-0.2, 0) is 9.47 Å². The van der Waals surface area contributed by atoms with Crippen molar-refractivity contribution in [3.63, 3.8) is 0 Å². The van der Waals surface area contributed by atoms with E-state index in [9.17, 15) is 0 Å². The number of hydrogen-bond acceptors (Lipinski definition) is 2. The molecule has 0 aromatic heterocycles. The maximum Gasteiger partial charge on any atom is 0.0814 e. The van der Waals surface area contributed by atoms with Crippen molar-refractivity contribution in [1.29, 1.82) is 0 Å². The van der Waals surface area contributed by atoms with Crippen molar-refractivity contribution in [2.24, 2.45) is 0 Å². The molecule has 2 nitrogen and oxygen atoms in total. The second-order valence-corrected chi connectivity index (χ2v) is 4.18. The van der Waals surface area contributed by atoms with Crippen LogP contribution in [-0.4, -0.2) is 32.3 Å². The van der Waals surface area contributed by atoms with Crippen LogP contribution in [0.2, 0.25) is 6.32 Å². The largest absolute Gasteiger partial charge is 0.376 e. The fraction of sp³-hybridized carbons (Fsp3) is 1.00. The van der Waals surface area contributed by atoms with Gasteiger partial charge in [-0.15, -0.1) is 0 Å². The van der Waals surface area contributed by atoms with Gasteiger partial charge in [0.05, 0.1) is 32.3 Å². The summed E-state index contributed by atoms with van der Waals surface area (Å²) in [4.78, 5) is 0. The van der Waals surface area contributed by atoms with E-state index in [1.165, 1.54) is 0 Å². The third-order valence-corrected chi connectivity index (χ3v) is 1.67. The van der Waals surface area contributed by atoms with Crippen LogP contribution in [0.1, 0.15) is 34.6 Å². The van der Waals surface area contributed by atoms with Crippen molar-refractivity contribution in [3.8, 4) is 0 Å². The fourth-order valence-electron chi connectivity index (χ4n) is 1.05. The molecule has 3 heteroatoms. The highest BCUT2D eigenvalue weighted by molar-refractivity contribution is 6.09. The molecule has 1 atom stereocenters. The molecule has 0 aliphatic carbocycles. The lowest BCUT2D eigenvalue weighted by Crippen LogP contribution is -2.37. The molecule has 0 aliphatic rings. The first-order chi connectivity index (χ1) is 5.89. The van der Waals surface area contributed by atoms with E-state index in [0.717, 1.165) is 0 Å². The van der Waals surface area contributed by atoms with E-state index in [1.54, 1.807) is 0 Å². The monoisotopic (exact) mass is 184 g/mol. The van der Waals surface area contributed by atoms with Gasteiger partial charge < -0.3 is 9.47 Å². The lowest BCUT2D eigenvalue weighted by atomic mass is 9.88. The van der Waals surface area contributed by atoms with Gasteiger partial charge in [0.1, 0.15) is 0 Å². The van der Waals surface area contributed by atoms with Crippen LogP contribution in [0.5, 0.6) is 0 Å². The molecule has 0 aromatic carbocycles. The van der Waals surface area contributed by atoms with Gasteiger partial charge in [0.2, 0.25) is 0 Å². The van der Waals surface area contributed by atoms with Gasteiger partial charge in [-0.1, -0.05) is 6.32 Å². The SMILES string of the molecule is [B]CC(C)(COC(C)C)OC(C)C. The predicted molar refractivity (Wildman–Crippen MR) is 56.3 cm³/mol. The van der Waals surface area contributed by atoms with Crippen LogP contribution in [0.3, 0.4) is 0 Å². The highest BCUT2D eigenvalue weighted by Gasteiger charge is 2.24. The zero-order valence-corrected chi connectivity index (χ0v) is 9.46. The molecule has 0 saturated carbocycles. The lowest BCUT2D eigenvalue weighted by Gasteiger charge is -2.31. The minimum Gasteiger partial charge on any atom is -0.376 e. The van der Waals surface area contributed by atoms with Crippen LogP contribution in [0.4, 0.5) is 0 Å². The zero-order chi connectivity index (χ0) is 10.5. The molecule has 0 bridgehead atoms. The van der Waals surface area contributed by atoms with Gasteiger partial charge in [0, 0.05) is 0 Å². The third-order valence-electron chi connectivity index (χ3n) is 1.67. The summed E-state index contributed by atoms with van der Waals surface area (Å²) in [6.45, 7) is 10.6.